The zero-order chi connectivity index (χ0) is 12.0. The van der Waals surface area contributed by atoms with Crippen LogP contribution >= 0.6 is 0 Å². The van der Waals surface area contributed by atoms with E-state index in [4.69, 9.17) is 9.63 Å². The Morgan fingerprint density at radius 2 is 2.31 bits per heavy atom. The summed E-state index contributed by atoms with van der Waals surface area (Å²) in [6.07, 6.45) is 3.06. The van der Waals surface area contributed by atoms with E-state index < -0.39 is 16.8 Å². The molecule has 16 heavy (non-hydrogen) atoms. The van der Waals surface area contributed by atoms with Gasteiger partial charge in [-0.3, -0.25) is 4.21 Å². The summed E-state index contributed by atoms with van der Waals surface area (Å²) in [5.41, 5.74) is -0.138. The van der Waals surface area contributed by atoms with Gasteiger partial charge in [-0.15, -0.1) is 0 Å². The predicted molar refractivity (Wildman–Crippen MR) is 59.7 cm³/mol. The number of hydrogen-bond acceptors (Lipinski definition) is 4. The van der Waals surface area contributed by atoms with E-state index >= 15 is 0 Å². The molecule has 1 atom stereocenters. The van der Waals surface area contributed by atoms with E-state index in [9.17, 15) is 9.00 Å². The van der Waals surface area contributed by atoms with Crippen LogP contribution in [-0.4, -0.2) is 26.2 Å². The molecule has 0 bridgehead atoms. The lowest BCUT2D eigenvalue weighted by Crippen LogP contribution is -2.00. The number of carboxylic acids is 1. The fourth-order valence-electron chi connectivity index (χ4n) is 1.23. The smallest absolute Gasteiger partial charge is 0.358 e. The number of carbonyl (C=O) groups is 1. The van der Waals surface area contributed by atoms with Crippen LogP contribution in [0.4, 0.5) is 0 Å². The molecular formula is C10H15NO4S. The molecule has 0 fully saturated rings. The Hall–Kier alpha value is -1.17. The van der Waals surface area contributed by atoms with Crippen LogP contribution in [-0.2, 0) is 16.6 Å². The fourth-order valence-corrected chi connectivity index (χ4v) is 2.35. The van der Waals surface area contributed by atoms with Crippen molar-refractivity contribution in [1.82, 2.24) is 5.16 Å². The molecule has 0 amide bonds. The van der Waals surface area contributed by atoms with E-state index in [-0.39, 0.29) is 11.4 Å². The third kappa shape index (κ3) is 4.14. The van der Waals surface area contributed by atoms with Crippen molar-refractivity contribution in [3.63, 3.8) is 0 Å². The molecule has 6 heteroatoms. The summed E-state index contributed by atoms with van der Waals surface area (Å²) in [4.78, 5) is 10.5. The van der Waals surface area contributed by atoms with Crippen molar-refractivity contribution in [2.75, 3.05) is 5.75 Å². The van der Waals surface area contributed by atoms with Gasteiger partial charge in [0.05, 0.1) is 5.75 Å². The monoisotopic (exact) mass is 245 g/mol. The highest BCUT2D eigenvalue weighted by molar-refractivity contribution is 7.84. The van der Waals surface area contributed by atoms with E-state index in [1.165, 1.54) is 6.07 Å². The average Bonchev–Trinajstić information content (AvgIpc) is 2.66. The lowest BCUT2D eigenvalue weighted by molar-refractivity contribution is 0.0685. The summed E-state index contributed by atoms with van der Waals surface area (Å²) in [6, 6.07) is 1.32. The Labute approximate surface area is 96.3 Å². The van der Waals surface area contributed by atoms with E-state index in [0.29, 0.717) is 11.5 Å². The quantitative estimate of drug-likeness (QED) is 0.741. The van der Waals surface area contributed by atoms with Crippen molar-refractivity contribution >= 4 is 16.8 Å². The number of carboxylic acid groups (broad SMARTS) is 1. The van der Waals surface area contributed by atoms with Gasteiger partial charge in [-0.2, -0.15) is 0 Å². The van der Waals surface area contributed by atoms with Crippen LogP contribution in [0.25, 0.3) is 0 Å². The van der Waals surface area contributed by atoms with Crippen LogP contribution in [0.2, 0.25) is 0 Å². The van der Waals surface area contributed by atoms with Gasteiger partial charge in [0.15, 0.2) is 5.69 Å². The second-order valence-electron chi connectivity index (χ2n) is 3.48. The molecule has 0 aromatic carbocycles. The molecule has 90 valence electrons. The molecule has 0 aliphatic carbocycles. The molecule has 0 saturated heterocycles. The fraction of sp³-hybridized carbons (Fsp3) is 0.600. The number of hydrogen-bond donors (Lipinski definition) is 1. The molecule has 0 saturated carbocycles. The van der Waals surface area contributed by atoms with Gasteiger partial charge < -0.3 is 9.63 Å². The zero-order valence-corrected chi connectivity index (χ0v) is 9.96. The van der Waals surface area contributed by atoms with Gasteiger partial charge in [0.1, 0.15) is 5.76 Å². The topological polar surface area (TPSA) is 80.4 Å². The van der Waals surface area contributed by atoms with Crippen LogP contribution < -0.4 is 0 Å². The van der Waals surface area contributed by atoms with Crippen LogP contribution in [0.15, 0.2) is 10.6 Å². The molecule has 5 nitrogen and oxygen atoms in total. The Bertz CT molecular complexity index is 375. The number of aromatic carboxylic acids is 1. The summed E-state index contributed by atoms with van der Waals surface area (Å²) in [7, 11) is -0.999. The molecular weight excluding hydrogens is 230 g/mol. The minimum atomic E-state index is -1.13. The Morgan fingerprint density at radius 3 is 2.88 bits per heavy atom. The average molecular weight is 245 g/mol. The standard InChI is InChI=1S/C10H15NO4S/c1-2-3-4-5-16(14)7-8-6-9(10(12)13)11-15-8/h6H,2-5,7H2,1H3,(H,12,13). The van der Waals surface area contributed by atoms with Gasteiger partial charge in [-0.1, -0.05) is 24.9 Å². The Balaban J connectivity index is 2.40. The van der Waals surface area contributed by atoms with E-state index in [1.54, 1.807) is 0 Å². The van der Waals surface area contributed by atoms with Crippen LogP contribution in [0.3, 0.4) is 0 Å². The number of nitrogens with zero attached hydrogens (tertiary/aromatic N) is 1. The second-order valence-corrected chi connectivity index (χ2v) is 5.06. The number of rotatable bonds is 7. The maximum Gasteiger partial charge on any atom is 0.358 e. The van der Waals surface area contributed by atoms with Crippen molar-refractivity contribution in [3.05, 3.63) is 17.5 Å². The predicted octanol–water partition coefficient (Wildman–Crippen LogP) is 1.81. The molecule has 1 aromatic rings. The summed E-state index contributed by atoms with van der Waals surface area (Å²) in [5, 5.41) is 12.0. The first kappa shape index (κ1) is 12.9. The molecule has 1 N–H and O–H groups in total. The normalized spacial score (nSPS) is 12.6. The highest BCUT2D eigenvalue weighted by atomic mass is 32.2. The van der Waals surface area contributed by atoms with E-state index in [2.05, 4.69) is 12.1 Å². The third-order valence-electron chi connectivity index (χ3n) is 2.06. The molecule has 0 spiro atoms. The van der Waals surface area contributed by atoms with Gasteiger partial charge in [0.25, 0.3) is 0 Å². The summed E-state index contributed by atoms with van der Waals surface area (Å²) < 4.78 is 16.3. The molecule has 1 heterocycles. The minimum absolute atomic E-state index is 0.138. The zero-order valence-electron chi connectivity index (χ0n) is 9.14. The van der Waals surface area contributed by atoms with Crippen molar-refractivity contribution in [2.24, 2.45) is 0 Å². The largest absolute Gasteiger partial charge is 0.476 e. The summed E-state index contributed by atoms with van der Waals surface area (Å²) in [5.74, 6) is 0.0972. The first-order chi connectivity index (χ1) is 7.63. The maximum atomic E-state index is 11.5. The Kier molecular flexibility index (Phi) is 5.18. The highest BCUT2D eigenvalue weighted by Gasteiger charge is 2.12. The highest BCUT2D eigenvalue weighted by Crippen LogP contribution is 2.08. The molecule has 0 aliphatic heterocycles. The second kappa shape index (κ2) is 6.42. The molecule has 1 unspecified atom stereocenters. The van der Waals surface area contributed by atoms with Crippen LogP contribution in [0, 0.1) is 0 Å². The van der Waals surface area contributed by atoms with Crippen molar-refractivity contribution in [2.45, 2.75) is 31.9 Å². The lowest BCUT2D eigenvalue weighted by Gasteiger charge is -1.97. The minimum Gasteiger partial charge on any atom is -0.476 e. The first-order valence-electron chi connectivity index (χ1n) is 5.17. The molecule has 1 aromatic heterocycles. The van der Waals surface area contributed by atoms with Gasteiger partial charge in [-0.25, -0.2) is 4.79 Å². The van der Waals surface area contributed by atoms with Crippen molar-refractivity contribution in [3.8, 4) is 0 Å². The third-order valence-corrected chi connectivity index (χ3v) is 3.41. The Morgan fingerprint density at radius 1 is 1.56 bits per heavy atom. The molecule has 0 aliphatic rings. The summed E-state index contributed by atoms with van der Waals surface area (Å²) in [6.45, 7) is 2.08. The van der Waals surface area contributed by atoms with Gasteiger partial charge in [0.2, 0.25) is 0 Å². The first-order valence-corrected chi connectivity index (χ1v) is 6.66. The van der Waals surface area contributed by atoms with Crippen molar-refractivity contribution in [1.29, 1.82) is 0 Å². The summed E-state index contributed by atoms with van der Waals surface area (Å²) >= 11 is 0. The van der Waals surface area contributed by atoms with Crippen LogP contribution in [0.1, 0.15) is 42.4 Å². The molecule has 1 rings (SSSR count). The SMILES string of the molecule is CCCCCS(=O)Cc1cc(C(=O)O)no1. The lowest BCUT2D eigenvalue weighted by atomic mass is 10.3. The van der Waals surface area contributed by atoms with Gasteiger partial charge in [-0.05, 0) is 6.42 Å². The van der Waals surface area contributed by atoms with Crippen molar-refractivity contribution < 1.29 is 18.6 Å². The van der Waals surface area contributed by atoms with Gasteiger partial charge >= 0.3 is 5.97 Å². The van der Waals surface area contributed by atoms with E-state index in [0.717, 1.165) is 19.3 Å². The number of aromatic nitrogens is 1. The maximum absolute atomic E-state index is 11.5. The van der Waals surface area contributed by atoms with Crippen LogP contribution in [0.5, 0.6) is 0 Å². The van der Waals surface area contributed by atoms with E-state index in [1.807, 2.05) is 0 Å². The molecule has 0 radical (unpaired) electrons. The van der Waals surface area contributed by atoms with Gasteiger partial charge in [0, 0.05) is 22.6 Å². The number of unbranched alkanes of at least 4 members (excludes halogenated alkanes) is 2.